The van der Waals surface area contributed by atoms with Gasteiger partial charge in [0.25, 0.3) is 0 Å². The van der Waals surface area contributed by atoms with Crippen LogP contribution in [-0.4, -0.2) is 14.8 Å². The summed E-state index contributed by atoms with van der Waals surface area (Å²) in [7, 11) is 0. The zero-order chi connectivity index (χ0) is 19.4. The molecule has 7 heteroatoms. The first kappa shape index (κ1) is 16.5. The molecule has 0 unspecified atom stereocenters. The van der Waals surface area contributed by atoms with E-state index in [1.165, 1.54) is 12.4 Å². The van der Waals surface area contributed by atoms with Crippen molar-refractivity contribution >= 4 is 23.0 Å². The van der Waals surface area contributed by atoms with Gasteiger partial charge in [0.2, 0.25) is 5.95 Å². The zero-order valence-corrected chi connectivity index (χ0v) is 15.9. The van der Waals surface area contributed by atoms with E-state index in [1.54, 1.807) is 23.5 Å². The van der Waals surface area contributed by atoms with Gasteiger partial charge in [-0.15, -0.1) is 11.3 Å². The number of hydrogen-bond acceptors (Lipinski definition) is 5. The smallest absolute Gasteiger partial charge is 0.226 e. The van der Waals surface area contributed by atoms with Gasteiger partial charge in [-0.3, -0.25) is 0 Å². The molecule has 5 nitrogen and oxygen atoms in total. The van der Waals surface area contributed by atoms with Gasteiger partial charge in [0, 0.05) is 21.6 Å². The number of nitrogens with zero attached hydrogens (tertiary/aromatic N) is 3. The Kier molecular flexibility index (Phi) is 3.57. The topological polar surface area (TPSA) is 52.0 Å². The van der Waals surface area contributed by atoms with Gasteiger partial charge in [-0.25, -0.2) is 9.07 Å². The molecule has 0 saturated heterocycles. The Hall–Kier alpha value is -3.45. The van der Waals surface area contributed by atoms with Gasteiger partial charge >= 0.3 is 0 Å². The molecule has 1 N–H and O–H groups in total. The van der Waals surface area contributed by atoms with Crippen molar-refractivity contribution in [2.75, 3.05) is 5.32 Å². The van der Waals surface area contributed by atoms with Crippen molar-refractivity contribution in [2.45, 2.75) is 12.1 Å². The van der Waals surface area contributed by atoms with Crippen LogP contribution in [0.4, 0.5) is 10.3 Å². The fourth-order valence-electron chi connectivity index (χ4n) is 4.08. The van der Waals surface area contributed by atoms with E-state index in [-0.39, 0.29) is 11.9 Å². The Morgan fingerprint density at radius 1 is 1.03 bits per heavy atom. The molecule has 4 aromatic rings. The van der Waals surface area contributed by atoms with Crippen LogP contribution in [0.1, 0.15) is 28.1 Å². The Bertz CT molecular complexity index is 1250. The first-order valence-electron chi connectivity index (χ1n) is 9.26. The average molecular weight is 402 g/mol. The first-order valence-corrected chi connectivity index (χ1v) is 10.1. The fourth-order valence-corrected chi connectivity index (χ4v) is 4.91. The van der Waals surface area contributed by atoms with Gasteiger partial charge in [-0.05, 0) is 29.6 Å². The largest absolute Gasteiger partial charge is 0.480 e. The predicted molar refractivity (Wildman–Crippen MR) is 109 cm³/mol. The zero-order valence-electron chi connectivity index (χ0n) is 15.1. The number of nitrogens with one attached hydrogen (secondary N) is 1. The number of rotatable bonds is 2. The van der Waals surface area contributed by atoms with Gasteiger partial charge in [-0.2, -0.15) is 10.1 Å². The summed E-state index contributed by atoms with van der Waals surface area (Å²) in [6.45, 7) is 0. The third-order valence-electron chi connectivity index (χ3n) is 5.32. The molecule has 0 amide bonds. The molecule has 0 spiro atoms. The summed E-state index contributed by atoms with van der Waals surface area (Å²) in [6.07, 6.45) is 0.949. The number of anilines is 1. The number of thiophene rings is 1. The summed E-state index contributed by atoms with van der Waals surface area (Å²) >= 11 is 1.64. The number of ether oxygens (including phenoxy) is 1. The lowest BCUT2D eigenvalue weighted by Crippen LogP contribution is -2.32. The van der Waals surface area contributed by atoms with Crippen molar-refractivity contribution in [1.82, 2.24) is 14.8 Å². The lowest BCUT2D eigenvalue weighted by atomic mass is 9.87. The summed E-state index contributed by atoms with van der Waals surface area (Å²) in [6, 6.07) is 18.4. The SMILES string of the molecule is Fc1ccccc1[C@@H]1Oc2ccccc2C2=C1[C@H](c1cccs1)n1ncnc1N2. The normalized spacial score (nSPS) is 19.6. The molecule has 2 atom stereocenters. The number of aromatic nitrogens is 3. The van der Waals surface area contributed by atoms with Crippen molar-refractivity contribution in [3.63, 3.8) is 0 Å². The van der Waals surface area contributed by atoms with Gasteiger partial charge in [0.05, 0.1) is 5.70 Å². The number of hydrogen-bond donors (Lipinski definition) is 1. The van der Waals surface area contributed by atoms with Crippen LogP contribution in [0.15, 0.2) is 77.9 Å². The number of halogens is 1. The molecule has 142 valence electrons. The van der Waals surface area contributed by atoms with Crippen LogP contribution in [0.5, 0.6) is 5.75 Å². The van der Waals surface area contributed by atoms with E-state index in [1.807, 2.05) is 46.5 Å². The molecule has 2 aliphatic heterocycles. The molecule has 2 aromatic heterocycles. The molecular weight excluding hydrogens is 387 g/mol. The van der Waals surface area contributed by atoms with E-state index in [0.717, 1.165) is 21.7 Å². The Morgan fingerprint density at radius 3 is 2.76 bits per heavy atom. The molecule has 0 saturated carbocycles. The Labute approximate surface area is 170 Å². The highest BCUT2D eigenvalue weighted by Crippen LogP contribution is 2.51. The van der Waals surface area contributed by atoms with E-state index in [9.17, 15) is 4.39 Å². The average Bonchev–Trinajstić information content (AvgIpc) is 3.44. The van der Waals surface area contributed by atoms with Crippen molar-refractivity contribution in [1.29, 1.82) is 0 Å². The third kappa shape index (κ3) is 2.44. The number of para-hydroxylation sites is 1. The summed E-state index contributed by atoms with van der Waals surface area (Å²) < 4.78 is 23.1. The molecule has 2 aliphatic rings. The van der Waals surface area contributed by atoms with Crippen molar-refractivity contribution < 1.29 is 9.13 Å². The van der Waals surface area contributed by atoms with E-state index in [4.69, 9.17) is 4.74 Å². The second-order valence-electron chi connectivity index (χ2n) is 6.92. The maximum absolute atomic E-state index is 14.9. The summed E-state index contributed by atoms with van der Waals surface area (Å²) in [4.78, 5) is 5.49. The second kappa shape index (κ2) is 6.28. The first-order chi connectivity index (χ1) is 14.3. The van der Waals surface area contributed by atoms with Gasteiger partial charge in [0.1, 0.15) is 23.9 Å². The van der Waals surface area contributed by atoms with E-state index in [0.29, 0.717) is 17.3 Å². The Morgan fingerprint density at radius 2 is 1.90 bits per heavy atom. The fraction of sp³-hybridized carbons (Fsp3) is 0.0909. The molecule has 0 aliphatic carbocycles. The summed E-state index contributed by atoms with van der Waals surface area (Å²) in [5.74, 6) is 1.08. The van der Waals surface area contributed by atoms with Crippen LogP contribution < -0.4 is 10.1 Å². The lowest BCUT2D eigenvalue weighted by Gasteiger charge is -2.38. The summed E-state index contributed by atoms with van der Waals surface area (Å²) in [5, 5.41) is 9.91. The molecule has 0 radical (unpaired) electrons. The van der Waals surface area contributed by atoms with Crippen LogP contribution >= 0.6 is 11.3 Å². The highest BCUT2D eigenvalue weighted by molar-refractivity contribution is 7.10. The molecular formula is C22H15FN4OS. The molecule has 29 heavy (non-hydrogen) atoms. The molecule has 2 aromatic carbocycles. The van der Waals surface area contributed by atoms with Crippen LogP contribution in [0.25, 0.3) is 5.70 Å². The lowest BCUT2D eigenvalue weighted by molar-refractivity contribution is 0.218. The van der Waals surface area contributed by atoms with E-state index < -0.39 is 6.10 Å². The monoisotopic (exact) mass is 402 g/mol. The minimum atomic E-state index is -0.585. The quantitative estimate of drug-likeness (QED) is 0.510. The highest BCUT2D eigenvalue weighted by Gasteiger charge is 2.41. The van der Waals surface area contributed by atoms with Crippen LogP contribution in [-0.2, 0) is 0 Å². The molecule has 6 rings (SSSR count). The molecule has 0 bridgehead atoms. The minimum Gasteiger partial charge on any atom is -0.480 e. The van der Waals surface area contributed by atoms with Crippen LogP contribution in [0, 0.1) is 5.82 Å². The van der Waals surface area contributed by atoms with E-state index in [2.05, 4.69) is 21.5 Å². The molecule has 0 fully saturated rings. The van der Waals surface area contributed by atoms with Crippen molar-refractivity contribution in [3.8, 4) is 5.75 Å². The molecule has 4 heterocycles. The van der Waals surface area contributed by atoms with E-state index >= 15 is 0 Å². The second-order valence-corrected chi connectivity index (χ2v) is 7.90. The third-order valence-corrected chi connectivity index (χ3v) is 6.25. The highest BCUT2D eigenvalue weighted by atomic mass is 32.1. The predicted octanol–water partition coefficient (Wildman–Crippen LogP) is 5.04. The number of benzene rings is 2. The number of fused-ring (bicyclic) bond motifs is 3. The Balaban J connectivity index is 1.66. The maximum Gasteiger partial charge on any atom is 0.226 e. The van der Waals surface area contributed by atoms with Gasteiger partial charge in [-0.1, -0.05) is 36.4 Å². The van der Waals surface area contributed by atoms with Gasteiger partial charge < -0.3 is 10.1 Å². The van der Waals surface area contributed by atoms with Crippen LogP contribution in [0.2, 0.25) is 0 Å². The van der Waals surface area contributed by atoms with Crippen molar-refractivity contribution in [2.24, 2.45) is 0 Å². The maximum atomic E-state index is 14.9. The minimum absolute atomic E-state index is 0.235. The summed E-state index contributed by atoms with van der Waals surface area (Å²) in [5.41, 5.74) is 3.26. The van der Waals surface area contributed by atoms with Crippen LogP contribution in [0.3, 0.4) is 0 Å². The standard InChI is InChI=1S/C22H15FN4OS/c23-15-8-3-1-6-13(15)21-18-19(14-7-2-4-9-16(14)28-21)26-22-24-12-25-27(22)20(18)17-10-5-11-29-17/h1-12,20-21H,(H,24,25,26)/t20-,21-/m0/s1. The van der Waals surface area contributed by atoms with Crippen molar-refractivity contribution in [3.05, 3.63) is 99.8 Å². The van der Waals surface area contributed by atoms with Gasteiger partial charge in [0.15, 0.2) is 6.10 Å².